The molecule has 0 radical (unpaired) electrons. The Labute approximate surface area is 104 Å². The van der Waals surface area contributed by atoms with Gasteiger partial charge < -0.3 is 14.9 Å². The maximum Gasteiger partial charge on any atom is 0.310 e. The molecule has 17 heavy (non-hydrogen) atoms. The first kappa shape index (κ1) is 16.4. The van der Waals surface area contributed by atoms with Gasteiger partial charge in [-0.25, -0.2) is 0 Å². The molecule has 4 heteroatoms. The van der Waals surface area contributed by atoms with E-state index in [0.717, 1.165) is 0 Å². The van der Waals surface area contributed by atoms with Gasteiger partial charge in [-0.15, -0.1) is 0 Å². The van der Waals surface area contributed by atoms with Crippen LogP contribution in [0.2, 0.25) is 0 Å². The number of aliphatic hydroxyl groups excluding tert-OH is 2. The molecule has 0 aromatic rings. The molecule has 0 aliphatic carbocycles. The topological polar surface area (TPSA) is 66.8 Å². The summed E-state index contributed by atoms with van der Waals surface area (Å²) in [6, 6.07) is 0. The Kier molecular flexibility index (Phi) is 5.62. The van der Waals surface area contributed by atoms with Crippen LogP contribution in [0.5, 0.6) is 0 Å². The van der Waals surface area contributed by atoms with E-state index in [1.807, 2.05) is 41.5 Å². The fourth-order valence-electron chi connectivity index (χ4n) is 2.32. The zero-order chi connectivity index (χ0) is 13.9. The van der Waals surface area contributed by atoms with Crippen LogP contribution in [0.3, 0.4) is 0 Å². The molecule has 0 spiro atoms. The Hall–Kier alpha value is -0.610. The van der Waals surface area contributed by atoms with Crippen LogP contribution in [0.1, 0.15) is 41.5 Å². The zero-order valence-corrected chi connectivity index (χ0v) is 11.8. The molecule has 0 fully saturated rings. The molecule has 2 N–H and O–H groups in total. The number of rotatable bonds is 4. The minimum atomic E-state index is -1.00. The Morgan fingerprint density at radius 2 is 1.53 bits per heavy atom. The summed E-state index contributed by atoms with van der Waals surface area (Å²) in [6.45, 7) is 11.4. The predicted molar refractivity (Wildman–Crippen MR) is 66.5 cm³/mol. The molecule has 102 valence electrons. The summed E-state index contributed by atoms with van der Waals surface area (Å²) in [5.74, 6) is -0.585. The van der Waals surface area contributed by atoms with Crippen molar-refractivity contribution in [2.75, 3.05) is 13.2 Å². The fraction of sp³-hybridized carbons (Fsp3) is 0.923. The van der Waals surface area contributed by atoms with Crippen LogP contribution in [0, 0.1) is 16.7 Å². The van der Waals surface area contributed by atoms with Crippen molar-refractivity contribution in [1.82, 2.24) is 0 Å². The molecule has 0 bridgehead atoms. The summed E-state index contributed by atoms with van der Waals surface area (Å²) in [7, 11) is 0. The van der Waals surface area contributed by atoms with Crippen molar-refractivity contribution >= 4 is 5.97 Å². The molecule has 0 amide bonds. The molecule has 0 rings (SSSR count). The van der Waals surface area contributed by atoms with Crippen molar-refractivity contribution in [3.63, 3.8) is 0 Å². The van der Waals surface area contributed by atoms with Gasteiger partial charge in [0.25, 0.3) is 0 Å². The van der Waals surface area contributed by atoms with Gasteiger partial charge >= 0.3 is 5.97 Å². The van der Waals surface area contributed by atoms with Crippen LogP contribution in [-0.4, -0.2) is 35.5 Å². The number of aliphatic hydroxyl groups is 2. The van der Waals surface area contributed by atoms with Crippen molar-refractivity contribution in [2.45, 2.75) is 47.6 Å². The zero-order valence-electron chi connectivity index (χ0n) is 11.8. The summed E-state index contributed by atoms with van der Waals surface area (Å²) in [5.41, 5.74) is -0.418. The van der Waals surface area contributed by atoms with E-state index in [1.54, 1.807) is 0 Å². The molecule has 0 saturated heterocycles. The third-order valence-corrected chi connectivity index (χ3v) is 2.60. The van der Waals surface area contributed by atoms with Crippen molar-refractivity contribution < 1.29 is 19.7 Å². The minimum Gasteiger partial charge on any atom is -0.463 e. The van der Waals surface area contributed by atoms with E-state index in [-0.39, 0.29) is 29.3 Å². The van der Waals surface area contributed by atoms with E-state index in [0.29, 0.717) is 0 Å². The fourth-order valence-corrected chi connectivity index (χ4v) is 2.32. The highest BCUT2D eigenvalue weighted by Gasteiger charge is 2.41. The van der Waals surface area contributed by atoms with Crippen LogP contribution < -0.4 is 0 Å². The summed E-state index contributed by atoms with van der Waals surface area (Å²) in [5, 5.41) is 17.8. The Bertz CT molecular complexity index is 233. The standard InChI is InChI=1S/C13H26O4/c1-12(2,3)10(13(4,5)6)11(16)17-8-9(15)7-14/h9-10,14-15H,7-8H2,1-6H3. The van der Waals surface area contributed by atoms with Crippen LogP contribution in [0.4, 0.5) is 0 Å². The summed E-state index contributed by atoms with van der Waals surface area (Å²) in [6.07, 6.45) is -1.00. The van der Waals surface area contributed by atoms with E-state index >= 15 is 0 Å². The van der Waals surface area contributed by atoms with Crippen molar-refractivity contribution in [3.8, 4) is 0 Å². The lowest BCUT2D eigenvalue weighted by atomic mass is 9.67. The predicted octanol–water partition coefficient (Wildman–Crippen LogP) is 1.59. The summed E-state index contributed by atoms with van der Waals surface area (Å²) < 4.78 is 5.06. The monoisotopic (exact) mass is 246 g/mol. The van der Waals surface area contributed by atoms with Crippen LogP contribution in [0.25, 0.3) is 0 Å². The second-order valence-corrected chi connectivity index (χ2v) is 6.63. The smallest absolute Gasteiger partial charge is 0.310 e. The first-order valence-electron chi connectivity index (χ1n) is 5.95. The first-order valence-corrected chi connectivity index (χ1v) is 5.95. The Morgan fingerprint density at radius 3 is 1.82 bits per heavy atom. The molecule has 1 atom stereocenters. The third kappa shape index (κ3) is 5.50. The van der Waals surface area contributed by atoms with Crippen molar-refractivity contribution in [3.05, 3.63) is 0 Å². The van der Waals surface area contributed by atoms with Crippen molar-refractivity contribution in [1.29, 1.82) is 0 Å². The Morgan fingerprint density at radius 1 is 1.12 bits per heavy atom. The van der Waals surface area contributed by atoms with Gasteiger partial charge in [0.05, 0.1) is 12.5 Å². The average Bonchev–Trinajstić information content (AvgIpc) is 2.09. The van der Waals surface area contributed by atoms with Crippen LogP contribution in [-0.2, 0) is 9.53 Å². The van der Waals surface area contributed by atoms with Gasteiger partial charge in [-0.05, 0) is 10.8 Å². The molecule has 0 saturated carbocycles. The third-order valence-electron chi connectivity index (χ3n) is 2.60. The average molecular weight is 246 g/mol. The van der Waals surface area contributed by atoms with E-state index in [2.05, 4.69) is 0 Å². The molecular formula is C13H26O4. The molecule has 0 aromatic heterocycles. The van der Waals surface area contributed by atoms with E-state index in [9.17, 15) is 4.79 Å². The molecule has 1 unspecified atom stereocenters. The van der Waals surface area contributed by atoms with Crippen LogP contribution >= 0.6 is 0 Å². The highest BCUT2D eigenvalue weighted by atomic mass is 16.5. The first-order chi connectivity index (χ1) is 7.50. The highest BCUT2D eigenvalue weighted by molar-refractivity contribution is 5.74. The molecule has 4 nitrogen and oxygen atoms in total. The normalized spacial score (nSPS) is 14.9. The van der Waals surface area contributed by atoms with Crippen LogP contribution in [0.15, 0.2) is 0 Å². The lowest BCUT2D eigenvalue weighted by Crippen LogP contribution is -2.41. The number of carbonyl (C=O) groups is 1. The Balaban J connectivity index is 4.69. The summed E-state index contributed by atoms with van der Waals surface area (Å²) >= 11 is 0. The molecule has 0 aliphatic heterocycles. The van der Waals surface area contributed by atoms with Gasteiger partial charge in [0.15, 0.2) is 0 Å². The SMILES string of the molecule is CC(C)(C)C(C(=O)OCC(O)CO)C(C)(C)C. The molecule has 0 heterocycles. The lowest BCUT2D eigenvalue weighted by Gasteiger charge is -2.38. The number of carbonyl (C=O) groups excluding carboxylic acids is 1. The van der Waals surface area contributed by atoms with Gasteiger partial charge in [-0.1, -0.05) is 41.5 Å². The maximum atomic E-state index is 12.0. The van der Waals surface area contributed by atoms with Crippen molar-refractivity contribution in [2.24, 2.45) is 16.7 Å². The molecule has 0 aliphatic rings. The molecule has 0 aromatic carbocycles. The number of hydrogen-bond donors (Lipinski definition) is 2. The summed E-state index contributed by atoms with van der Waals surface area (Å²) in [4.78, 5) is 12.0. The van der Waals surface area contributed by atoms with Gasteiger partial charge in [0.1, 0.15) is 12.7 Å². The highest BCUT2D eigenvalue weighted by Crippen LogP contribution is 2.40. The van der Waals surface area contributed by atoms with E-state index in [1.165, 1.54) is 0 Å². The van der Waals surface area contributed by atoms with E-state index < -0.39 is 12.7 Å². The van der Waals surface area contributed by atoms with Gasteiger partial charge in [0, 0.05) is 0 Å². The second-order valence-electron chi connectivity index (χ2n) is 6.63. The second kappa shape index (κ2) is 5.83. The van der Waals surface area contributed by atoms with Gasteiger partial charge in [0.2, 0.25) is 0 Å². The molecular weight excluding hydrogens is 220 g/mol. The number of hydrogen-bond acceptors (Lipinski definition) is 4. The minimum absolute atomic E-state index is 0.155. The lowest BCUT2D eigenvalue weighted by molar-refractivity contribution is -0.161. The number of esters is 1. The van der Waals surface area contributed by atoms with Gasteiger partial charge in [-0.3, -0.25) is 4.79 Å². The number of ether oxygens (including phenoxy) is 1. The quantitative estimate of drug-likeness (QED) is 0.739. The maximum absolute atomic E-state index is 12.0. The van der Waals surface area contributed by atoms with E-state index in [4.69, 9.17) is 14.9 Å². The van der Waals surface area contributed by atoms with Gasteiger partial charge in [-0.2, -0.15) is 0 Å². The largest absolute Gasteiger partial charge is 0.463 e.